The topological polar surface area (TPSA) is 53.6 Å². The number of urea groups is 1. The third-order valence-electron chi connectivity index (χ3n) is 4.31. The van der Waals surface area contributed by atoms with E-state index in [0.29, 0.717) is 19.7 Å². The van der Waals surface area contributed by atoms with Crippen LogP contribution in [0.3, 0.4) is 0 Å². The summed E-state index contributed by atoms with van der Waals surface area (Å²) in [6, 6.07) is 14.0. The number of hydrogen-bond donors (Lipinski definition) is 2. The van der Waals surface area contributed by atoms with E-state index < -0.39 is 0 Å². The first-order valence-electron chi connectivity index (χ1n) is 8.80. The minimum absolute atomic E-state index is 0.141. The van der Waals surface area contributed by atoms with Crippen LogP contribution >= 0.6 is 11.3 Å². The fourth-order valence-electron chi connectivity index (χ4n) is 3.05. The Morgan fingerprint density at radius 2 is 1.92 bits per heavy atom. The number of thiophene rings is 1. The van der Waals surface area contributed by atoms with E-state index in [-0.39, 0.29) is 12.1 Å². The van der Waals surface area contributed by atoms with Crippen LogP contribution in [0, 0.1) is 0 Å². The SMILES string of the molecule is O=C(NCCOc1ccccc1)NCC(c1cccs1)N1CCCC1. The first kappa shape index (κ1) is 17.8. The minimum atomic E-state index is -0.141. The van der Waals surface area contributed by atoms with Crippen molar-refractivity contribution in [2.24, 2.45) is 0 Å². The Kier molecular flexibility index (Phi) is 6.71. The number of nitrogens with zero attached hydrogens (tertiary/aromatic N) is 1. The molecule has 2 amide bonds. The monoisotopic (exact) mass is 359 g/mol. The summed E-state index contributed by atoms with van der Waals surface area (Å²) in [6.07, 6.45) is 2.48. The Balaban J connectivity index is 1.39. The molecule has 0 saturated carbocycles. The lowest BCUT2D eigenvalue weighted by atomic mass is 10.2. The fourth-order valence-corrected chi connectivity index (χ4v) is 3.91. The number of nitrogens with one attached hydrogen (secondary N) is 2. The normalized spacial score (nSPS) is 15.7. The smallest absolute Gasteiger partial charge is 0.314 e. The van der Waals surface area contributed by atoms with Crippen LogP contribution in [0.1, 0.15) is 23.8 Å². The van der Waals surface area contributed by atoms with Crippen LogP contribution in [0.15, 0.2) is 47.8 Å². The molecule has 3 rings (SSSR count). The predicted molar refractivity (Wildman–Crippen MR) is 101 cm³/mol. The summed E-state index contributed by atoms with van der Waals surface area (Å²) in [6.45, 7) is 3.78. The third kappa shape index (κ3) is 5.47. The molecule has 1 aromatic heterocycles. The lowest BCUT2D eigenvalue weighted by Gasteiger charge is -2.26. The number of benzene rings is 1. The van der Waals surface area contributed by atoms with Gasteiger partial charge in [0.2, 0.25) is 0 Å². The van der Waals surface area contributed by atoms with Gasteiger partial charge in [0.1, 0.15) is 12.4 Å². The molecule has 1 aromatic carbocycles. The molecular formula is C19H25N3O2S. The second-order valence-electron chi connectivity index (χ2n) is 6.07. The van der Waals surface area contributed by atoms with Crippen molar-refractivity contribution in [3.63, 3.8) is 0 Å². The van der Waals surface area contributed by atoms with Crippen molar-refractivity contribution in [3.05, 3.63) is 52.7 Å². The average Bonchev–Trinajstić information content (AvgIpc) is 3.34. The van der Waals surface area contributed by atoms with Crippen molar-refractivity contribution < 1.29 is 9.53 Å². The van der Waals surface area contributed by atoms with Gasteiger partial charge in [-0.15, -0.1) is 11.3 Å². The van der Waals surface area contributed by atoms with Gasteiger partial charge in [-0.1, -0.05) is 24.3 Å². The van der Waals surface area contributed by atoms with Crippen LogP contribution in [0.5, 0.6) is 5.75 Å². The van der Waals surface area contributed by atoms with E-state index in [0.717, 1.165) is 18.8 Å². The minimum Gasteiger partial charge on any atom is -0.492 e. The maximum Gasteiger partial charge on any atom is 0.314 e. The highest BCUT2D eigenvalue weighted by atomic mass is 32.1. The molecule has 1 saturated heterocycles. The highest BCUT2D eigenvalue weighted by molar-refractivity contribution is 7.10. The number of ether oxygens (including phenoxy) is 1. The molecule has 1 aliphatic rings. The van der Waals surface area contributed by atoms with Gasteiger partial charge in [0.25, 0.3) is 0 Å². The van der Waals surface area contributed by atoms with Crippen molar-refractivity contribution in [1.82, 2.24) is 15.5 Å². The number of amides is 2. The van der Waals surface area contributed by atoms with Gasteiger partial charge >= 0.3 is 6.03 Å². The van der Waals surface area contributed by atoms with Crippen LogP contribution in [0.2, 0.25) is 0 Å². The average molecular weight is 359 g/mol. The quantitative estimate of drug-likeness (QED) is 0.711. The van der Waals surface area contributed by atoms with Gasteiger partial charge in [0.05, 0.1) is 12.6 Å². The predicted octanol–water partition coefficient (Wildman–Crippen LogP) is 3.26. The van der Waals surface area contributed by atoms with Gasteiger partial charge in [0.15, 0.2) is 0 Å². The van der Waals surface area contributed by atoms with Crippen LogP contribution < -0.4 is 15.4 Å². The van der Waals surface area contributed by atoms with Gasteiger partial charge in [-0.3, -0.25) is 4.90 Å². The molecule has 6 heteroatoms. The van der Waals surface area contributed by atoms with Crippen molar-refractivity contribution in [2.75, 3.05) is 32.8 Å². The largest absolute Gasteiger partial charge is 0.492 e. The van der Waals surface area contributed by atoms with Gasteiger partial charge in [-0.05, 0) is 49.5 Å². The van der Waals surface area contributed by atoms with Crippen LogP contribution in [-0.4, -0.2) is 43.7 Å². The summed E-state index contributed by atoms with van der Waals surface area (Å²) >= 11 is 1.76. The molecule has 134 valence electrons. The number of carbonyl (C=O) groups excluding carboxylic acids is 1. The Morgan fingerprint density at radius 1 is 1.12 bits per heavy atom. The first-order valence-corrected chi connectivity index (χ1v) is 9.68. The lowest BCUT2D eigenvalue weighted by molar-refractivity contribution is 0.220. The zero-order valence-electron chi connectivity index (χ0n) is 14.3. The van der Waals surface area contributed by atoms with E-state index in [1.807, 2.05) is 30.3 Å². The second kappa shape index (κ2) is 9.44. The summed E-state index contributed by atoms with van der Waals surface area (Å²) in [4.78, 5) is 15.8. The molecule has 0 aliphatic carbocycles. The Bertz CT molecular complexity index is 627. The Hall–Kier alpha value is -2.05. The summed E-state index contributed by atoms with van der Waals surface area (Å²) in [5.41, 5.74) is 0. The number of hydrogen-bond acceptors (Lipinski definition) is 4. The van der Waals surface area contributed by atoms with Gasteiger partial charge in [-0.2, -0.15) is 0 Å². The Morgan fingerprint density at radius 3 is 2.64 bits per heavy atom. The summed E-state index contributed by atoms with van der Waals surface area (Å²) in [5.74, 6) is 0.816. The molecule has 0 radical (unpaired) electrons. The maximum atomic E-state index is 12.1. The number of likely N-dealkylation sites (tertiary alicyclic amines) is 1. The van der Waals surface area contributed by atoms with E-state index >= 15 is 0 Å². The number of rotatable bonds is 8. The van der Waals surface area contributed by atoms with Crippen molar-refractivity contribution in [1.29, 1.82) is 0 Å². The molecule has 1 aliphatic heterocycles. The van der Waals surface area contributed by atoms with E-state index in [1.165, 1.54) is 17.7 Å². The molecule has 2 heterocycles. The second-order valence-corrected chi connectivity index (χ2v) is 7.05. The maximum absolute atomic E-state index is 12.1. The molecule has 2 aromatic rings. The molecule has 0 spiro atoms. The fraction of sp³-hybridized carbons (Fsp3) is 0.421. The van der Waals surface area contributed by atoms with Crippen LogP contribution in [0.4, 0.5) is 4.79 Å². The van der Waals surface area contributed by atoms with Crippen LogP contribution in [0.25, 0.3) is 0 Å². The van der Waals surface area contributed by atoms with E-state index in [9.17, 15) is 4.79 Å². The molecular weight excluding hydrogens is 334 g/mol. The number of para-hydroxylation sites is 1. The van der Waals surface area contributed by atoms with E-state index in [1.54, 1.807) is 11.3 Å². The molecule has 5 nitrogen and oxygen atoms in total. The summed E-state index contributed by atoms with van der Waals surface area (Å²) in [7, 11) is 0. The highest BCUT2D eigenvalue weighted by Gasteiger charge is 2.24. The van der Waals surface area contributed by atoms with Crippen LogP contribution in [-0.2, 0) is 0 Å². The van der Waals surface area contributed by atoms with E-state index in [4.69, 9.17) is 4.74 Å². The summed E-state index contributed by atoms with van der Waals surface area (Å²) in [5, 5.41) is 7.96. The third-order valence-corrected chi connectivity index (χ3v) is 5.28. The van der Waals surface area contributed by atoms with Gasteiger partial charge in [0, 0.05) is 11.4 Å². The van der Waals surface area contributed by atoms with E-state index in [2.05, 4.69) is 33.0 Å². The summed E-state index contributed by atoms with van der Waals surface area (Å²) < 4.78 is 5.57. The van der Waals surface area contributed by atoms with Crippen molar-refractivity contribution in [3.8, 4) is 5.75 Å². The highest BCUT2D eigenvalue weighted by Crippen LogP contribution is 2.27. The zero-order valence-corrected chi connectivity index (χ0v) is 15.1. The van der Waals surface area contributed by atoms with Gasteiger partial charge in [-0.25, -0.2) is 4.79 Å². The lowest BCUT2D eigenvalue weighted by Crippen LogP contribution is -2.42. The molecule has 0 bridgehead atoms. The molecule has 25 heavy (non-hydrogen) atoms. The van der Waals surface area contributed by atoms with Crippen molar-refractivity contribution in [2.45, 2.75) is 18.9 Å². The van der Waals surface area contributed by atoms with Crippen molar-refractivity contribution >= 4 is 17.4 Å². The molecule has 2 N–H and O–H groups in total. The van der Waals surface area contributed by atoms with Gasteiger partial charge < -0.3 is 15.4 Å². The Labute approximate surface area is 153 Å². The number of carbonyl (C=O) groups is 1. The molecule has 1 unspecified atom stereocenters. The standard InChI is InChI=1S/C19H25N3O2S/c23-19(20-10-13-24-16-7-2-1-3-8-16)21-15-17(18-9-6-14-25-18)22-11-4-5-12-22/h1-3,6-9,14,17H,4-5,10-13,15H2,(H2,20,21,23). The zero-order chi connectivity index (χ0) is 17.3. The molecule has 1 fully saturated rings. The first-order chi connectivity index (χ1) is 12.3. The molecule has 1 atom stereocenters.